The number of hydrogen-bond acceptors (Lipinski definition) is 5. The summed E-state index contributed by atoms with van der Waals surface area (Å²) >= 11 is 0. The van der Waals surface area contributed by atoms with Crippen molar-refractivity contribution >= 4 is 17.1 Å². The summed E-state index contributed by atoms with van der Waals surface area (Å²) in [6.07, 6.45) is 4.23. The molecule has 0 atom stereocenters. The molecule has 41 heavy (non-hydrogen) atoms. The number of nitrogens with zero attached hydrogens (tertiary/aromatic N) is 4. The summed E-state index contributed by atoms with van der Waals surface area (Å²) < 4.78 is 6.65. The Morgan fingerprint density at radius 3 is 2.17 bits per heavy atom. The van der Waals surface area contributed by atoms with Gasteiger partial charge in [-0.15, -0.1) is 0 Å². The summed E-state index contributed by atoms with van der Waals surface area (Å²) in [7, 11) is 4.28. The first kappa shape index (κ1) is 27.0. The van der Waals surface area contributed by atoms with Crippen LogP contribution in [0.5, 0.6) is 11.5 Å². The van der Waals surface area contributed by atoms with E-state index in [9.17, 15) is 0 Å². The number of hydrogen-bond donors (Lipinski definition) is 0. The molecule has 210 valence electrons. The standard InChI is InChI=1S/C36H40N4O/c1-25-17-26(2)35(27(3)18-25)28-19-30(39-16-15-37(6)23-39)22-32(20-28)41-31-12-10-11-29(21-31)40-24-38(7)36(4,5)33-13-8-9-14-34(33)40/h8-22H,23-24H2,1-7H3. The first-order valence-electron chi connectivity index (χ1n) is 14.3. The van der Waals surface area contributed by atoms with Crippen LogP contribution in [0.3, 0.4) is 0 Å². The zero-order valence-corrected chi connectivity index (χ0v) is 25.3. The number of benzene rings is 4. The van der Waals surface area contributed by atoms with Crippen LogP contribution in [0.25, 0.3) is 11.1 Å². The van der Waals surface area contributed by atoms with Gasteiger partial charge in [0.1, 0.15) is 11.5 Å². The van der Waals surface area contributed by atoms with Crippen molar-refractivity contribution in [1.82, 2.24) is 9.80 Å². The van der Waals surface area contributed by atoms with Gasteiger partial charge in [-0.2, -0.15) is 0 Å². The topological polar surface area (TPSA) is 22.2 Å². The molecular formula is C36H40N4O. The third-order valence-corrected chi connectivity index (χ3v) is 8.59. The highest BCUT2D eigenvalue weighted by Gasteiger charge is 2.35. The normalized spacial score (nSPS) is 16.3. The van der Waals surface area contributed by atoms with Gasteiger partial charge in [-0.3, -0.25) is 4.90 Å². The van der Waals surface area contributed by atoms with E-state index in [2.05, 4.69) is 154 Å². The Kier molecular flexibility index (Phi) is 6.79. The Morgan fingerprint density at radius 2 is 1.44 bits per heavy atom. The minimum Gasteiger partial charge on any atom is -0.457 e. The lowest BCUT2D eigenvalue weighted by Gasteiger charge is -2.47. The SMILES string of the molecule is Cc1cc(C)c(-c2cc(Oc3cccc(N4CN(C)C(C)(C)c5ccccc54)c3)cc(N3C=CN(C)C3)c2)c(C)c1. The molecule has 0 N–H and O–H groups in total. The molecule has 4 aromatic rings. The lowest BCUT2D eigenvalue weighted by atomic mass is 9.88. The molecule has 0 aliphatic carbocycles. The van der Waals surface area contributed by atoms with Gasteiger partial charge in [-0.1, -0.05) is 42.0 Å². The minimum atomic E-state index is -0.0393. The first-order valence-corrected chi connectivity index (χ1v) is 14.3. The van der Waals surface area contributed by atoms with Crippen LogP contribution in [-0.4, -0.2) is 37.2 Å². The van der Waals surface area contributed by atoms with E-state index >= 15 is 0 Å². The minimum absolute atomic E-state index is 0.0393. The molecule has 0 saturated heterocycles. The molecule has 2 aliphatic heterocycles. The molecule has 2 aliphatic rings. The van der Waals surface area contributed by atoms with Crippen LogP contribution in [0.1, 0.15) is 36.1 Å². The van der Waals surface area contributed by atoms with Crippen molar-refractivity contribution in [3.8, 4) is 22.6 Å². The molecule has 0 spiro atoms. The van der Waals surface area contributed by atoms with Crippen molar-refractivity contribution in [3.05, 3.63) is 114 Å². The number of fused-ring (bicyclic) bond motifs is 1. The molecule has 2 heterocycles. The second-order valence-electron chi connectivity index (χ2n) is 12.1. The molecule has 0 amide bonds. The summed E-state index contributed by atoms with van der Waals surface area (Å²) in [6, 6.07) is 28.3. The fraction of sp³-hybridized carbons (Fsp3) is 0.278. The largest absolute Gasteiger partial charge is 0.457 e. The van der Waals surface area contributed by atoms with Gasteiger partial charge in [0.25, 0.3) is 0 Å². The lowest BCUT2D eigenvalue weighted by Crippen LogP contribution is -2.49. The molecule has 0 unspecified atom stereocenters. The summed E-state index contributed by atoms with van der Waals surface area (Å²) in [5, 5.41) is 0. The number of ether oxygens (including phenoxy) is 1. The van der Waals surface area contributed by atoms with Crippen molar-refractivity contribution in [2.75, 3.05) is 37.2 Å². The zero-order valence-electron chi connectivity index (χ0n) is 25.3. The second kappa shape index (κ2) is 10.3. The molecule has 0 bridgehead atoms. The predicted octanol–water partition coefficient (Wildman–Crippen LogP) is 8.53. The number of para-hydroxylation sites is 1. The van der Waals surface area contributed by atoms with E-state index in [0.29, 0.717) is 0 Å². The van der Waals surface area contributed by atoms with Gasteiger partial charge < -0.3 is 19.4 Å². The molecule has 0 saturated carbocycles. The Balaban J connectivity index is 1.38. The van der Waals surface area contributed by atoms with Gasteiger partial charge in [0.15, 0.2) is 0 Å². The van der Waals surface area contributed by atoms with Crippen LogP contribution >= 0.6 is 0 Å². The summed E-state index contributed by atoms with van der Waals surface area (Å²) in [4.78, 5) is 9.20. The fourth-order valence-electron chi connectivity index (χ4n) is 6.25. The van der Waals surface area contributed by atoms with E-state index in [-0.39, 0.29) is 5.54 Å². The Bertz CT molecular complexity index is 1620. The van der Waals surface area contributed by atoms with Gasteiger partial charge in [-0.05, 0) is 99.8 Å². The Hall–Kier alpha value is -4.22. The van der Waals surface area contributed by atoms with Crippen LogP contribution < -0.4 is 14.5 Å². The van der Waals surface area contributed by atoms with Crippen molar-refractivity contribution < 1.29 is 4.74 Å². The summed E-state index contributed by atoms with van der Waals surface area (Å²) in [6.45, 7) is 12.7. The zero-order chi connectivity index (χ0) is 28.9. The van der Waals surface area contributed by atoms with Gasteiger partial charge in [0, 0.05) is 54.2 Å². The van der Waals surface area contributed by atoms with E-state index < -0.39 is 0 Å². The third-order valence-electron chi connectivity index (χ3n) is 8.59. The molecule has 0 fully saturated rings. The molecule has 5 nitrogen and oxygen atoms in total. The van der Waals surface area contributed by atoms with Gasteiger partial charge in [0.2, 0.25) is 0 Å². The van der Waals surface area contributed by atoms with Gasteiger partial charge in [-0.25, -0.2) is 0 Å². The van der Waals surface area contributed by atoms with Gasteiger partial charge >= 0.3 is 0 Å². The van der Waals surface area contributed by atoms with Crippen molar-refractivity contribution in [3.63, 3.8) is 0 Å². The van der Waals surface area contributed by atoms with Crippen molar-refractivity contribution in [2.45, 2.75) is 40.2 Å². The highest BCUT2D eigenvalue weighted by Crippen LogP contribution is 2.43. The average Bonchev–Trinajstić information content (AvgIpc) is 3.37. The fourth-order valence-corrected chi connectivity index (χ4v) is 6.25. The monoisotopic (exact) mass is 544 g/mol. The highest BCUT2D eigenvalue weighted by atomic mass is 16.5. The summed E-state index contributed by atoms with van der Waals surface area (Å²) in [5.74, 6) is 1.65. The number of aryl methyl sites for hydroxylation is 3. The van der Waals surface area contributed by atoms with E-state index in [1.54, 1.807) is 0 Å². The summed E-state index contributed by atoms with van der Waals surface area (Å²) in [5.41, 5.74) is 11.0. The number of anilines is 3. The maximum absolute atomic E-state index is 6.65. The number of rotatable bonds is 5. The van der Waals surface area contributed by atoms with Crippen LogP contribution in [-0.2, 0) is 5.54 Å². The van der Waals surface area contributed by atoms with E-state index in [1.165, 1.54) is 39.1 Å². The second-order valence-corrected chi connectivity index (χ2v) is 12.1. The maximum Gasteiger partial charge on any atom is 0.130 e. The molecule has 0 aromatic heterocycles. The van der Waals surface area contributed by atoms with Crippen LogP contribution in [0.15, 0.2) is 91.3 Å². The molecule has 4 aromatic carbocycles. The highest BCUT2D eigenvalue weighted by molar-refractivity contribution is 5.77. The smallest absolute Gasteiger partial charge is 0.130 e. The van der Waals surface area contributed by atoms with E-state index in [0.717, 1.165) is 36.2 Å². The quantitative estimate of drug-likeness (QED) is 0.250. The maximum atomic E-state index is 6.65. The van der Waals surface area contributed by atoms with Crippen molar-refractivity contribution in [2.24, 2.45) is 0 Å². The first-order chi connectivity index (χ1) is 19.6. The average molecular weight is 545 g/mol. The van der Waals surface area contributed by atoms with Crippen molar-refractivity contribution in [1.29, 1.82) is 0 Å². The van der Waals surface area contributed by atoms with Crippen LogP contribution in [0, 0.1) is 20.8 Å². The third kappa shape index (κ3) is 5.07. The predicted molar refractivity (Wildman–Crippen MR) is 171 cm³/mol. The van der Waals surface area contributed by atoms with Crippen LogP contribution in [0.4, 0.5) is 17.1 Å². The molecule has 0 radical (unpaired) electrons. The van der Waals surface area contributed by atoms with Crippen LogP contribution in [0.2, 0.25) is 0 Å². The Morgan fingerprint density at radius 1 is 0.707 bits per heavy atom. The molecular weight excluding hydrogens is 504 g/mol. The lowest BCUT2D eigenvalue weighted by molar-refractivity contribution is 0.150. The Labute approximate surface area is 244 Å². The van der Waals surface area contributed by atoms with Gasteiger partial charge in [0.05, 0.1) is 13.3 Å². The van der Waals surface area contributed by atoms with E-state index in [4.69, 9.17) is 4.74 Å². The van der Waals surface area contributed by atoms with E-state index in [1.807, 2.05) is 6.07 Å². The molecule has 5 heteroatoms. The molecule has 6 rings (SSSR count).